The van der Waals surface area contributed by atoms with Crippen LogP contribution in [0, 0.1) is 0 Å². The first-order chi connectivity index (χ1) is 11.1. The summed E-state index contributed by atoms with van der Waals surface area (Å²) in [6.45, 7) is 3.98. The molecule has 3 rings (SSSR count). The lowest BCUT2D eigenvalue weighted by molar-refractivity contribution is 0.0945. The fourth-order valence-corrected chi connectivity index (χ4v) is 2.04. The molecular formula is C17H20N4O2. The van der Waals surface area contributed by atoms with Crippen molar-refractivity contribution in [3.8, 4) is 5.75 Å². The average Bonchev–Trinajstić information content (AvgIpc) is 3.33. The van der Waals surface area contributed by atoms with Gasteiger partial charge in [0, 0.05) is 11.7 Å². The topological polar surface area (TPSA) is 76.1 Å². The first kappa shape index (κ1) is 15.3. The van der Waals surface area contributed by atoms with Crippen LogP contribution in [0.5, 0.6) is 5.75 Å². The number of rotatable bonds is 6. The minimum atomic E-state index is -0.165. The molecule has 1 aromatic heterocycles. The van der Waals surface area contributed by atoms with Gasteiger partial charge in [0.25, 0.3) is 5.91 Å². The molecule has 0 radical (unpaired) electrons. The standard InChI is InChI=1S/C17H20N4O2/c1-11(2)23-14-7-5-12(6-8-14)18-16-10-9-15(20-21-16)17(22)19-13-3-4-13/h5-11,13H,3-4H2,1-2H3,(H,18,21)(H,19,22). The lowest BCUT2D eigenvalue weighted by Crippen LogP contribution is -2.26. The maximum absolute atomic E-state index is 11.8. The van der Waals surface area contributed by atoms with Crippen molar-refractivity contribution in [2.75, 3.05) is 5.32 Å². The number of ether oxygens (including phenoxy) is 1. The van der Waals surface area contributed by atoms with E-state index in [1.807, 2.05) is 38.1 Å². The number of nitrogens with zero attached hydrogens (tertiary/aromatic N) is 2. The van der Waals surface area contributed by atoms with Gasteiger partial charge in [-0.25, -0.2) is 0 Å². The van der Waals surface area contributed by atoms with E-state index in [0.29, 0.717) is 17.6 Å². The van der Waals surface area contributed by atoms with Crippen molar-refractivity contribution in [3.63, 3.8) is 0 Å². The van der Waals surface area contributed by atoms with Gasteiger partial charge >= 0.3 is 0 Å². The zero-order chi connectivity index (χ0) is 16.2. The number of carbonyl (C=O) groups is 1. The fourth-order valence-electron chi connectivity index (χ4n) is 2.04. The molecule has 0 bridgehead atoms. The van der Waals surface area contributed by atoms with Crippen LogP contribution < -0.4 is 15.4 Å². The van der Waals surface area contributed by atoms with Crippen molar-refractivity contribution in [3.05, 3.63) is 42.1 Å². The van der Waals surface area contributed by atoms with Crippen LogP contribution in [0.25, 0.3) is 0 Å². The van der Waals surface area contributed by atoms with Crippen molar-refractivity contribution < 1.29 is 9.53 Å². The lowest BCUT2D eigenvalue weighted by Gasteiger charge is -2.10. The van der Waals surface area contributed by atoms with Gasteiger partial charge in [0.05, 0.1) is 6.10 Å². The van der Waals surface area contributed by atoms with Crippen molar-refractivity contribution >= 4 is 17.4 Å². The molecule has 1 aliphatic carbocycles. The molecular weight excluding hydrogens is 292 g/mol. The molecule has 23 heavy (non-hydrogen) atoms. The minimum absolute atomic E-state index is 0.147. The molecule has 0 saturated heterocycles. The normalized spacial score (nSPS) is 13.7. The second kappa shape index (κ2) is 6.64. The number of hydrogen-bond acceptors (Lipinski definition) is 5. The van der Waals surface area contributed by atoms with Crippen molar-refractivity contribution in [2.24, 2.45) is 0 Å². The maximum Gasteiger partial charge on any atom is 0.272 e. The highest BCUT2D eigenvalue weighted by Crippen LogP contribution is 2.20. The summed E-state index contributed by atoms with van der Waals surface area (Å²) in [4.78, 5) is 11.8. The van der Waals surface area contributed by atoms with E-state index in [0.717, 1.165) is 24.3 Å². The van der Waals surface area contributed by atoms with Crippen molar-refractivity contribution in [1.29, 1.82) is 0 Å². The van der Waals surface area contributed by atoms with Gasteiger partial charge in [-0.3, -0.25) is 4.79 Å². The molecule has 120 valence electrons. The summed E-state index contributed by atoms with van der Waals surface area (Å²) in [5.41, 5.74) is 1.22. The largest absolute Gasteiger partial charge is 0.491 e. The third-order valence-electron chi connectivity index (χ3n) is 3.31. The number of aromatic nitrogens is 2. The van der Waals surface area contributed by atoms with Gasteiger partial charge < -0.3 is 15.4 Å². The Labute approximate surface area is 135 Å². The quantitative estimate of drug-likeness (QED) is 0.857. The fraction of sp³-hybridized carbons (Fsp3) is 0.353. The molecule has 1 aliphatic rings. The molecule has 0 unspecified atom stereocenters. The number of hydrogen-bond donors (Lipinski definition) is 2. The highest BCUT2D eigenvalue weighted by molar-refractivity contribution is 5.92. The van der Waals surface area contributed by atoms with E-state index < -0.39 is 0 Å². The smallest absolute Gasteiger partial charge is 0.272 e. The van der Waals surface area contributed by atoms with Gasteiger partial charge in [0.1, 0.15) is 5.75 Å². The molecule has 1 heterocycles. The van der Waals surface area contributed by atoms with E-state index in [1.54, 1.807) is 12.1 Å². The van der Waals surface area contributed by atoms with E-state index >= 15 is 0 Å². The molecule has 1 amide bonds. The lowest BCUT2D eigenvalue weighted by atomic mass is 10.3. The Morgan fingerprint density at radius 1 is 1.13 bits per heavy atom. The van der Waals surface area contributed by atoms with Crippen molar-refractivity contribution in [2.45, 2.75) is 38.8 Å². The molecule has 1 aromatic carbocycles. The summed E-state index contributed by atoms with van der Waals surface area (Å²) < 4.78 is 5.60. The van der Waals surface area contributed by atoms with Crippen LogP contribution >= 0.6 is 0 Å². The van der Waals surface area contributed by atoms with Crippen LogP contribution in [0.2, 0.25) is 0 Å². The number of anilines is 2. The molecule has 0 aliphatic heterocycles. The van der Waals surface area contributed by atoms with Crippen LogP contribution in [0.15, 0.2) is 36.4 Å². The van der Waals surface area contributed by atoms with Gasteiger partial charge in [-0.1, -0.05) is 0 Å². The summed E-state index contributed by atoms with van der Waals surface area (Å²) in [5, 5.41) is 14.0. The van der Waals surface area contributed by atoms with Crippen LogP contribution in [-0.2, 0) is 0 Å². The number of carbonyl (C=O) groups excluding carboxylic acids is 1. The summed E-state index contributed by atoms with van der Waals surface area (Å²) in [7, 11) is 0. The van der Waals surface area contributed by atoms with E-state index in [9.17, 15) is 4.79 Å². The van der Waals surface area contributed by atoms with Crippen LogP contribution in [0.1, 0.15) is 37.2 Å². The number of amides is 1. The Kier molecular flexibility index (Phi) is 4.41. The second-order valence-electron chi connectivity index (χ2n) is 5.87. The molecule has 0 atom stereocenters. The second-order valence-corrected chi connectivity index (χ2v) is 5.87. The van der Waals surface area contributed by atoms with Gasteiger partial charge in [-0.2, -0.15) is 0 Å². The Morgan fingerprint density at radius 3 is 2.43 bits per heavy atom. The summed E-state index contributed by atoms with van der Waals surface area (Å²) in [5.74, 6) is 1.25. The first-order valence-corrected chi connectivity index (χ1v) is 7.78. The number of benzene rings is 1. The average molecular weight is 312 g/mol. The Balaban J connectivity index is 1.60. The summed E-state index contributed by atoms with van der Waals surface area (Å²) in [6, 6.07) is 11.3. The van der Waals surface area contributed by atoms with Gasteiger partial charge in [0.2, 0.25) is 0 Å². The Morgan fingerprint density at radius 2 is 1.87 bits per heavy atom. The highest BCUT2D eigenvalue weighted by Gasteiger charge is 2.24. The molecule has 2 aromatic rings. The van der Waals surface area contributed by atoms with Crippen LogP contribution in [-0.4, -0.2) is 28.3 Å². The van der Waals surface area contributed by atoms with Crippen molar-refractivity contribution in [1.82, 2.24) is 15.5 Å². The molecule has 1 saturated carbocycles. The third-order valence-corrected chi connectivity index (χ3v) is 3.31. The zero-order valence-corrected chi connectivity index (χ0v) is 13.2. The highest BCUT2D eigenvalue weighted by atomic mass is 16.5. The maximum atomic E-state index is 11.8. The van der Waals surface area contributed by atoms with Gasteiger partial charge in [0.15, 0.2) is 11.5 Å². The minimum Gasteiger partial charge on any atom is -0.491 e. The Hall–Kier alpha value is -2.63. The van der Waals surface area contributed by atoms with Crippen LogP contribution in [0.3, 0.4) is 0 Å². The van der Waals surface area contributed by atoms with E-state index in [4.69, 9.17) is 4.74 Å². The SMILES string of the molecule is CC(C)Oc1ccc(Nc2ccc(C(=O)NC3CC3)nn2)cc1. The van der Waals surface area contributed by atoms with E-state index in [-0.39, 0.29) is 12.0 Å². The first-order valence-electron chi connectivity index (χ1n) is 7.78. The summed E-state index contributed by atoms with van der Waals surface area (Å²) >= 11 is 0. The Bertz CT molecular complexity index is 664. The predicted octanol–water partition coefficient (Wildman–Crippen LogP) is 2.90. The van der Waals surface area contributed by atoms with Crippen LogP contribution in [0.4, 0.5) is 11.5 Å². The molecule has 6 nitrogen and oxygen atoms in total. The van der Waals surface area contributed by atoms with E-state index in [1.165, 1.54) is 0 Å². The third kappa shape index (κ3) is 4.42. The van der Waals surface area contributed by atoms with Gasteiger partial charge in [-0.15, -0.1) is 10.2 Å². The monoisotopic (exact) mass is 312 g/mol. The predicted molar refractivity (Wildman–Crippen MR) is 88.0 cm³/mol. The number of nitrogens with one attached hydrogen (secondary N) is 2. The van der Waals surface area contributed by atoms with Gasteiger partial charge in [-0.05, 0) is 63.1 Å². The zero-order valence-electron chi connectivity index (χ0n) is 13.2. The molecule has 6 heteroatoms. The molecule has 0 spiro atoms. The van der Waals surface area contributed by atoms with E-state index in [2.05, 4.69) is 20.8 Å². The summed E-state index contributed by atoms with van der Waals surface area (Å²) in [6.07, 6.45) is 2.25. The molecule has 1 fully saturated rings. The molecule has 2 N–H and O–H groups in total.